The number of anilines is 2. The number of ketones is 1. The number of amides is 2. The van der Waals surface area contributed by atoms with Crippen LogP contribution in [0.4, 0.5) is 29.3 Å². The third-order valence-electron chi connectivity index (χ3n) is 5.28. The van der Waals surface area contributed by atoms with Crippen molar-refractivity contribution in [3.8, 4) is 11.1 Å². The van der Waals surface area contributed by atoms with Gasteiger partial charge in [-0.15, -0.1) is 0 Å². The van der Waals surface area contributed by atoms with Crippen LogP contribution in [0.25, 0.3) is 11.1 Å². The molecule has 0 radical (unpaired) electrons. The highest BCUT2D eigenvalue weighted by atomic mass is 19.4. The van der Waals surface area contributed by atoms with Crippen molar-refractivity contribution >= 4 is 29.2 Å². The van der Waals surface area contributed by atoms with E-state index in [1.54, 1.807) is 51.2 Å². The molecule has 0 aliphatic heterocycles. The van der Waals surface area contributed by atoms with E-state index in [0.29, 0.717) is 6.07 Å². The molecule has 200 valence electrons. The first-order valence-corrected chi connectivity index (χ1v) is 11.8. The summed E-state index contributed by atoms with van der Waals surface area (Å²) in [5, 5.41) is 4.65. The molecule has 0 spiro atoms. The maximum Gasteiger partial charge on any atom is 0.416 e. The molecule has 3 aromatic rings. The fourth-order valence-electron chi connectivity index (χ4n) is 3.47. The molecule has 0 fully saturated rings. The molecule has 0 atom stereocenters. The van der Waals surface area contributed by atoms with Gasteiger partial charge in [0.15, 0.2) is 5.78 Å². The van der Waals surface area contributed by atoms with Crippen LogP contribution in [0.3, 0.4) is 0 Å². The zero-order valence-corrected chi connectivity index (χ0v) is 21.4. The van der Waals surface area contributed by atoms with E-state index in [-0.39, 0.29) is 16.9 Å². The van der Waals surface area contributed by atoms with Crippen LogP contribution in [-0.4, -0.2) is 28.4 Å². The van der Waals surface area contributed by atoms with Crippen LogP contribution in [0.15, 0.2) is 60.8 Å². The Morgan fingerprint density at radius 1 is 0.895 bits per heavy atom. The van der Waals surface area contributed by atoms with Crippen molar-refractivity contribution in [1.82, 2.24) is 4.98 Å². The number of pyridine rings is 1. The molecule has 0 bridgehead atoms. The van der Waals surface area contributed by atoms with E-state index in [1.807, 2.05) is 19.1 Å². The van der Waals surface area contributed by atoms with Crippen LogP contribution >= 0.6 is 0 Å². The van der Waals surface area contributed by atoms with Crippen LogP contribution in [0.5, 0.6) is 0 Å². The van der Waals surface area contributed by atoms with Gasteiger partial charge in [0, 0.05) is 23.0 Å². The number of alkyl halides is 3. The van der Waals surface area contributed by atoms with Crippen molar-refractivity contribution in [2.24, 2.45) is 0 Å². The van der Waals surface area contributed by atoms with Gasteiger partial charge < -0.3 is 10.1 Å². The number of aromatic nitrogens is 1. The van der Waals surface area contributed by atoms with Gasteiger partial charge in [-0.2, -0.15) is 13.2 Å². The van der Waals surface area contributed by atoms with Crippen LogP contribution < -0.4 is 10.6 Å². The number of halogens is 3. The summed E-state index contributed by atoms with van der Waals surface area (Å²) in [6, 6.07) is 12.9. The smallest absolute Gasteiger partial charge is 0.416 e. The molecule has 2 amide bonds. The second kappa shape index (κ2) is 11.5. The fraction of sp³-hybridized carbons (Fsp3) is 0.286. The third kappa shape index (κ3) is 7.89. The van der Waals surface area contributed by atoms with E-state index >= 15 is 0 Å². The summed E-state index contributed by atoms with van der Waals surface area (Å²) in [4.78, 5) is 42.0. The maximum absolute atomic E-state index is 13.3. The lowest BCUT2D eigenvalue weighted by molar-refractivity contribution is -0.137. The van der Waals surface area contributed by atoms with E-state index < -0.39 is 41.5 Å². The number of benzene rings is 2. The quantitative estimate of drug-likeness (QED) is 0.258. The maximum atomic E-state index is 13.3. The molecule has 3 rings (SSSR count). The first-order valence-electron chi connectivity index (χ1n) is 11.8. The molecule has 10 heteroatoms. The van der Waals surface area contributed by atoms with Gasteiger partial charge in [-0.25, -0.2) is 4.79 Å². The summed E-state index contributed by atoms with van der Waals surface area (Å²) in [6.07, 6.45) is -3.75. The standard InChI is InChI=1S/C28H28F3N3O4/c1-5-21-11-9-19(16-32-21)17-7-6-8-18(13-17)24(35)15-25(36)33-23-14-20(28(29,30)31)10-12-22(23)34-26(37)38-27(2,3)4/h6-14,16H,5,15H2,1-4H3,(H,33,36)(H,34,37). The summed E-state index contributed by atoms with van der Waals surface area (Å²) in [5.74, 6) is -1.38. The lowest BCUT2D eigenvalue weighted by Crippen LogP contribution is -2.28. The molecular weight excluding hydrogens is 499 g/mol. The first kappa shape index (κ1) is 28.4. The number of ether oxygens (including phenoxy) is 1. The highest BCUT2D eigenvalue weighted by Gasteiger charge is 2.31. The van der Waals surface area contributed by atoms with Gasteiger partial charge in [0.1, 0.15) is 5.60 Å². The summed E-state index contributed by atoms with van der Waals surface area (Å²) in [6.45, 7) is 6.86. The average Bonchev–Trinajstić information content (AvgIpc) is 2.83. The number of aryl methyl sites for hydroxylation is 1. The minimum atomic E-state index is -4.69. The second-order valence-electron chi connectivity index (χ2n) is 9.51. The molecule has 0 saturated heterocycles. The molecule has 1 heterocycles. The third-order valence-corrected chi connectivity index (χ3v) is 5.28. The molecule has 2 aromatic carbocycles. The van der Waals surface area contributed by atoms with Gasteiger partial charge in [-0.1, -0.05) is 31.2 Å². The monoisotopic (exact) mass is 527 g/mol. The van der Waals surface area contributed by atoms with E-state index in [9.17, 15) is 27.6 Å². The van der Waals surface area contributed by atoms with Gasteiger partial charge in [0.25, 0.3) is 0 Å². The zero-order chi connectivity index (χ0) is 28.1. The predicted molar refractivity (Wildman–Crippen MR) is 138 cm³/mol. The van der Waals surface area contributed by atoms with Crippen LogP contribution in [0.2, 0.25) is 0 Å². The van der Waals surface area contributed by atoms with Gasteiger partial charge in [-0.05, 0) is 63.1 Å². The van der Waals surface area contributed by atoms with Crippen molar-refractivity contribution in [2.45, 2.75) is 52.3 Å². The largest absolute Gasteiger partial charge is 0.444 e. The molecule has 0 aliphatic rings. The SMILES string of the molecule is CCc1ccc(-c2cccc(C(=O)CC(=O)Nc3cc(C(F)(F)F)ccc3NC(=O)OC(C)(C)C)c2)cn1. The zero-order valence-electron chi connectivity index (χ0n) is 21.4. The number of hydrogen-bond acceptors (Lipinski definition) is 5. The second-order valence-corrected chi connectivity index (χ2v) is 9.51. The van der Waals surface area contributed by atoms with Gasteiger partial charge in [0.2, 0.25) is 5.91 Å². The Kier molecular flexibility index (Phi) is 8.55. The van der Waals surface area contributed by atoms with E-state index in [0.717, 1.165) is 35.4 Å². The number of carbonyl (C=O) groups excluding carboxylic acids is 3. The Labute approximate surface area is 218 Å². The molecule has 38 heavy (non-hydrogen) atoms. The highest BCUT2D eigenvalue weighted by molar-refractivity contribution is 6.12. The molecule has 1 aromatic heterocycles. The molecule has 0 aliphatic carbocycles. The molecule has 2 N–H and O–H groups in total. The van der Waals surface area contributed by atoms with E-state index in [2.05, 4.69) is 15.6 Å². The minimum Gasteiger partial charge on any atom is -0.444 e. The number of hydrogen-bond donors (Lipinski definition) is 2. The molecular formula is C28H28F3N3O4. The Morgan fingerprint density at radius 3 is 2.24 bits per heavy atom. The summed E-state index contributed by atoms with van der Waals surface area (Å²) >= 11 is 0. The molecule has 0 unspecified atom stereocenters. The van der Waals surface area contributed by atoms with E-state index in [4.69, 9.17) is 4.74 Å². The van der Waals surface area contributed by atoms with Gasteiger partial charge in [0.05, 0.1) is 23.4 Å². The van der Waals surface area contributed by atoms with Crippen LogP contribution in [0.1, 0.15) is 55.7 Å². The highest BCUT2D eigenvalue weighted by Crippen LogP contribution is 2.34. The van der Waals surface area contributed by atoms with Crippen LogP contribution in [0, 0.1) is 0 Å². The number of nitrogens with one attached hydrogen (secondary N) is 2. The Morgan fingerprint density at radius 2 is 1.63 bits per heavy atom. The average molecular weight is 528 g/mol. The molecule has 0 saturated carbocycles. The molecule has 7 nitrogen and oxygen atoms in total. The Hall–Kier alpha value is -4.21. The summed E-state index contributed by atoms with van der Waals surface area (Å²) in [5.41, 5.74) is 0.383. The van der Waals surface area contributed by atoms with Crippen molar-refractivity contribution < 1.29 is 32.3 Å². The lowest BCUT2D eigenvalue weighted by atomic mass is 10.0. The topological polar surface area (TPSA) is 97.4 Å². The number of Topliss-reactive ketones (excluding diaryl/α,β-unsaturated/α-hetero) is 1. The van der Waals surface area contributed by atoms with Crippen molar-refractivity contribution in [1.29, 1.82) is 0 Å². The first-order chi connectivity index (χ1) is 17.7. The normalized spacial score (nSPS) is 11.6. The number of nitrogens with zero attached hydrogens (tertiary/aromatic N) is 1. The predicted octanol–water partition coefficient (Wildman–Crippen LogP) is 6.89. The number of rotatable bonds is 7. The van der Waals surface area contributed by atoms with E-state index in [1.165, 1.54) is 0 Å². The summed E-state index contributed by atoms with van der Waals surface area (Å²) < 4.78 is 45.0. The van der Waals surface area contributed by atoms with Crippen molar-refractivity contribution in [3.63, 3.8) is 0 Å². The summed E-state index contributed by atoms with van der Waals surface area (Å²) in [7, 11) is 0. The van der Waals surface area contributed by atoms with Crippen LogP contribution in [-0.2, 0) is 22.1 Å². The fourth-order valence-corrected chi connectivity index (χ4v) is 3.47. The van der Waals surface area contributed by atoms with Crippen molar-refractivity contribution in [2.75, 3.05) is 10.6 Å². The van der Waals surface area contributed by atoms with Gasteiger partial charge in [-0.3, -0.25) is 19.9 Å². The van der Waals surface area contributed by atoms with Crippen molar-refractivity contribution in [3.05, 3.63) is 77.6 Å². The Balaban J connectivity index is 1.78. The van der Waals surface area contributed by atoms with Gasteiger partial charge >= 0.3 is 12.3 Å². The lowest BCUT2D eigenvalue weighted by Gasteiger charge is -2.21. The number of carbonyl (C=O) groups is 3. The minimum absolute atomic E-state index is 0.113. The Bertz CT molecular complexity index is 1330.